The fourth-order valence-electron chi connectivity index (χ4n) is 4.57. The highest BCUT2D eigenvalue weighted by Crippen LogP contribution is 2.35. The van der Waals surface area contributed by atoms with Crippen LogP contribution in [-0.4, -0.2) is 43.3 Å². The Morgan fingerprint density at radius 3 is 2.52 bits per heavy atom. The van der Waals surface area contributed by atoms with Crippen LogP contribution in [0.5, 0.6) is 0 Å². The predicted molar refractivity (Wildman–Crippen MR) is 120 cm³/mol. The van der Waals surface area contributed by atoms with E-state index in [2.05, 4.69) is 24.1 Å². The maximum Gasteiger partial charge on any atom is 0.302 e. The molecule has 0 amide bonds. The van der Waals surface area contributed by atoms with Gasteiger partial charge in [0.05, 0.1) is 6.17 Å². The van der Waals surface area contributed by atoms with Gasteiger partial charge in [-0.3, -0.25) is 4.79 Å². The van der Waals surface area contributed by atoms with Gasteiger partial charge in [0.2, 0.25) is 0 Å². The van der Waals surface area contributed by atoms with Crippen molar-refractivity contribution < 1.29 is 18.3 Å². The van der Waals surface area contributed by atoms with E-state index in [-0.39, 0.29) is 23.8 Å². The summed E-state index contributed by atoms with van der Waals surface area (Å²) in [5.41, 5.74) is 4.64. The van der Waals surface area contributed by atoms with E-state index in [1.807, 2.05) is 18.2 Å². The number of alkyl halides is 1. The van der Waals surface area contributed by atoms with E-state index in [1.54, 1.807) is 13.0 Å². The van der Waals surface area contributed by atoms with E-state index < -0.39 is 6.17 Å². The van der Waals surface area contributed by atoms with E-state index in [4.69, 9.17) is 4.74 Å². The minimum absolute atomic E-state index is 0.134. The molecule has 0 saturated carbocycles. The normalized spacial score (nSPS) is 19.8. The summed E-state index contributed by atoms with van der Waals surface area (Å²) >= 11 is 0. The molecular formula is C26H33F2NO2. The highest BCUT2D eigenvalue weighted by molar-refractivity contribution is 5.66. The van der Waals surface area contributed by atoms with Crippen molar-refractivity contribution in [1.29, 1.82) is 0 Å². The zero-order valence-corrected chi connectivity index (χ0v) is 18.7. The number of ether oxygens (including phenoxy) is 1. The van der Waals surface area contributed by atoms with E-state index >= 15 is 0 Å². The molecule has 3 nitrogen and oxygen atoms in total. The van der Waals surface area contributed by atoms with Crippen molar-refractivity contribution in [1.82, 2.24) is 4.90 Å². The third-order valence-corrected chi connectivity index (χ3v) is 6.12. The van der Waals surface area contributed by atoms with E-state index in [1.165, 1.54) is 24.1 Å². The molecule has 0 spiro atoms. The number of hydrogen-bond acceptors (Lipinski definition) is 3. The SMILES string of the molecule is CC(=O)OC1CCN(C)CC1.CC(F)C[C@H]1Cc2cc(F)ccc2Cc2ccccc21. The summed E-state index contributed by atoms with van der Waals surface area (Å²) in [6.45, 7) is 5.15. The summed E-state index contributed by atoms with van der Waals surface area (Å²) in [6, 6.07) is 13.2. The number of piperidine rings is 1. The monoisotopic (exact) mass is 429 g/mol. The number of rotatable bonds is 3. The molecule has 1 fully saturated rings. The summed E-state index contributed by atoms with van der Waals surface area (Å²) < 4.78 is 32.0. The van der Waals surface area contributed by atoms with Crippen molar-refractivity contribution in [3.05, 3.63) is 70.5 Å². The predicted octanol–water partition coefficient (Wildman–Crippen LogP) is 5.45. The fraction of sp³-hybridized carbons (Fsp3) is 0.500. The molecule has 168 valence electrons. The lowest BCUT2D eigenvalue weighted by atomic mass is 9.87. The summed E-state index contributed by atoms with van der Waals surface area (Å²) in [4.78, 5) is 12.8. The number of carbonyl (C=O) groups is 1. The van der Waals surface area contributed by atoms with Gasteiger partial charge in [0.25, 0.3) is 0 Å². The molecule has 2 atom stereocenters. The molecule has 1 aliphatic carbocycles. The van der Waals surface area contributed by atoms with Gasteiger partial charge >= 0.3 is 5.97 Å². The highest BCUT2D eigenvalue weighted by Gasteiger charge is 2.23. The molecule has 1 heterocycles. The Bertz CT molecular complexity index is 875. The van der Waals surface area contributed by atoms with Crippen LogP contribution < -0.4 is 0 Å². The Morgan fingerprint density at radius 2 is 1.84 bits per heavy atom. The lowest BCUT2D eigenvalue weighted by molar-refractivity contribution is -0.148. The molecule has 1 unspecified atom stereocenters. The van der Waals surface area contributed by atoms with Crippen molar-refractivity contribution in [3.8, 4) is 0 Å². The number of esters is 1. The largest absolute Gasteiger partial charge is 0.462 e. The van der Waals surface area contributed by atoms with E-state index in [9.17, 15) is 13.6 Å². The van der Waals surface area contributed by atoms with Crippen LogP contribution in [0.3, 0.4) is 0 Å². The minimum atomic E-state index is -0.844. The second-order valence-electron chi connectivity index (χ2n) is 8.82. The quantitative estimate of drug-likeness (QED) is 0.608. The maximum absolute atomic E-state index is 13.5. The number of likely N-dealkylation sites (tertiary alicyclic amines) is 1. The summed E-state index contributed by atoms with van der Waals surface area (Å²) in [5, 5.41) is 0. The van der Waals surface area contributed by atoms with Crippen LogP contribution in [0.25, 0.3) is 0 Å². The Labute approximate surface area is 184 Å². The molecule has 4 rings (SSSR count). The molecule has 1 saturated heterocycles. The topological polar surface area (TPSA) is 29.5 Å². The summed E-state index contributed by atoms with van der Waals surface area (Å²) in [7, 11) is 2.09. The molecule has 2 aromatic carbocycles. The highest BCUT2D eigenvalue weighted by atomic mass is 19.1. The van der Waals surface area contributed by atoms with E-state index in [0.29, 0.717) is 6.42 Å². The second kappa shape index (κ2) is 10.9. The summed E-state index contributed by atoms with van der Waals surface area (Å²) in [6.07, 6.45) is 3.31. The van der Waals surface area contributed by atoms with Crippen LogP contribution in [0.1, 0.15) is 61.3 Å². The number of hydrogen-bond donors (Lipinski definition) is 0. The molecule has 2 aliphatic rings. The second-order valence-corrected chi connectivity index (χ2v) is 8.82. The van der Waals surface area contributed by atoms with Crippen LogP contribution in [0, 0.1) is 5.82 Å². The smallest absolute Gasteiger partial charge is 0.302 e. The van der Waals surface area contributed by atoms with Crippen molar-refractivity contribution >= 4 is 5.97 Å². The van der Waals surface area contributed by atoms with Crippen molar-refractivity contribution in [2.45, 2.75) is 64.1 Å². The summed E-state index contributed by atoms with van der Waals surface area (Å²) in [5.74, 6) is -0.226. The molecule has 2 aromatic rings. The first-order chi connectivity index (χ1) is 14.8. The first kappa shape index (κ1) is 23.4. The molecule has 0 bridgehead atoms. The Hall–Kier alpha value is -2.27. The maximum atomic E-state index is 13.5. The zero-order chi connectivity index (χ0) is 22.4. The lowest BCUT2D eigenvalue weighted by Gasteiger charge is -2.28. The number of halogens is 2. The van der Waals surface area contributed by atoms with Gasteiger partial charge in [0.1, 0.15) is 11.9 Å². The van der Waals surface area contributed by atoms with Gasteiger partial charge in [-0.2, -0.15) is 0 Å². The van der Waals surface area contributed by atoms with Crippen LogP contribution in [0.4, 0.5) is 8.78 Å². The number of carbonyl (C=O) groups excluding carboxylic acids is 1. The molecule has 0 N–H and O–H groups in total. The molecule has 5 heteroatoms. The van der Waals surface area contributed by atoms with Crippen molar-refractivity contribution in [2.75, 3.05) is 20.1 Å². The van der Waals surface area contributed by atoms with Gasteiger partial charge in [-0.05, 0) is 86.4 Å². The average Bonchev–Trinajstić information content (AvgIpc) is 2.86. The van der Waals surface area contributed by atoms with Crippen molar-refractivity contribution in [3.63, 3.8) is 0 Å². The third-order valence-electron chi connectivity index (χ3n) is 6.12. The van der Waals surface area contributed by atoms with Gasteiger partial charge in [0.15, 0.2) is 0 Å². The van der Waals surface area contributed by atoms with Gasteiger partial charge in [0, 0.05) is 20.0 Å². The lowest BCUT2D eigenvalue weighted by Crippen LogP contribution is -2.34. The van der Waals surface area contributed by atoms with Crippen LogP contribution in [0.2, 0.25) is 0 Å². The van der Waals surface area contributed by atoms with Crippen LogP contribution in [-0.2, 0) is 22.4 Å². The van der Waals surface area contributed by atoms with Crippen LogP contribution >= 0.6 is 0 Å². The first-order valence-electron chi connectivity index (χ1n) is 11.2. The Balaban J connectivity index is 0.000000210. The number of benzene rings is 2. The molecule has 1 aliphatic heterocycles. The number of fused-ring (bicyclic) bond motifs is 2. The third kappa shape index (κ3) is 6.86. The number of nitrogens with zero attached hydrogens (tertiary/aromatic N) is 1. The zero-order valence-electron chi connectivity index (χ0n) is 18.7. The van der Waals surface area contributed by atoms with Gasteiger partial charge in [-0.1, -0.05) is 30.3 Å². The first-order valence-corrected chi connectivity index (χ1v) is 11.2. The van der Waals surface area contributed by atoms with Crippen LogP contribution in [0.15, 0.2) is 42.5 Å². The molecular weight excluding hydrogens is 396 g/mol. The van der Waals surface area contributed by atoms with Gasteiger partial charge in [-0.25, -0.2) is 8.78 Å². The average molecular weight is 430 g/mol. The Kier molecular flexibility index (Phi) is 8.19. The fourth-order valence-corrected chi connectivity index (χ4v) is 4.57. The van der Waals surface area contributed by atoms with Gasteiger partial charge < -0.3 is 9.64 Å². The van der Waals surface area contributed by atoms with Gasteiger partial charge in [-0.15, -0.1) is 0 Å². The minimum Gasteiger partial charge on any atom is -0.462 e. The van der Waals surface area contributed by atoms with Crippen molar-refractivity contribution in [2.24, 2.45) is 0 Å². The standard InChI is InChI=1S/C18H18F2.C8H15NO2/c1-12(19)8-16-10-15-11-17(20)7-6-13(15)9-14-4-2-3-5-18(14)16;1-7(10)11-8-3-5-9(2)6-4-8/h2-7,11-12,16H,8-10H2,1H3;8H,3-6H2,1-2H3/t12?,16-;/m0./s1. The molecule has 0 radical (unpaired) electrons. The van der Waals surface area contributed by atoms with E-state index in [0.717, 1.165) is 49.9 Å². The molecule has 0 aromatic heterocycles. The Morgan fingerprint density at radius 1 is 1.13 bits per heavy atom. The molecule has 31 heavy (non-hydrogen) atoms.